The van der Waals surface area contributed by atoms with Gasteiger partial charge in [0.2, 0.25) is 10.0 Å². The molecule has 3 N–H and O–H groups in total. The summed E-state index contributed by atoms with van der Waals surface area (Å²) in [6, 6.07) is 6.32. The molecule has 0 saturated carbocycles. The number of nitrogens with zero attached hydrogens (tertiary/aromatic N) is 1. The van der Waals surface area contributed by atoms with Crippen molar-refractivity contribution in [1.82, 2.24) is 5.32 Å². The number of nitrogens with one attached hydrogen (secondary N) is 1. The number of aliphatic hydroxyl groups is 1. The van der Waals surface area contributed by atoms with Crippen LogP contribution in [0.25, 0.3) is 0 Å². The van der Waals surface area contributed by atoms with E-state index in [2.05, 4.69) is 26.1 Å². The average Bonchev–Trinajstić information content (AvgIpc) is 2.65. The summed E-state index contributed by atoms with van der Waals surface area (Å²) in [4.78, 5) is 11.5. The van der Waals surface area contributed by atoms with Crippen molar-refractivity contribution in [3.8, 4) is 0 Å². The van der Waals surface area contributed by atoms with Crippen LogP contribution in [0.5, 0.6) is 0 Å². The molecule has 8 nitrogen and oxygen atoms in total. The van der Waals surface area contributed by atoms with Gasteiger partial charge in [-0.3, -0.25) is 0 Å². The van der Waals surface area contributed by atoms with Crippen LogP contribution in [0.3, 0.4) is 0 Å². The van der Waals surface area contributed by atoms with Crippen LogP contribution in [0.2, 0.25) is 18.1 Å². The number of sulfonamides is 1. The predicted molar refractivity (Wildman–Crippen MR) is 113 cm³/mol. The summed E-state index contributed by atoms with van der Waals surface area (Å²) in [5.41, 5.74) is -0.0982. The fraction of sp³-hybridized carbons (Fsp3) is 0.611. The van der Waals surface area contributed by atoms with Crippen molar-refractivity contribution >= 4 is 30.1 Å². The zero-order chi connectivity index (χ0) is 22.2. The Hall–Kier alpha value is -1.53. The van der Waals surface area contributed by atoms with Crippen LogP contribution in [0.15, 0.2) is 18.2 Å². The Bertz CT molecular complexity index is 780. The Kier molecular flexibility index (Phi) is 9.69. The number of benzene rings is 1. The van der Waals surface area contributed by atoms with Crippen LogP contribution in [0.1, 0.15) is 32.4 Å². The number of rotatable bonds is 12. The Labute approximate surface area is 172 Å². The zero-order valence-corrected chi connectivity index (χ0v) is 19.1. The summed E-state index contributed by atoms with van der Waals surface area (Å²) < 4.78 is 44.7. The van der Waals surface area contributed by atoms with Gasteiger partial charge >= 0.3 is 6.09 Å². The molecule has 0 saturated heterocycles. The van der Waals surface area contributed by atoms with E-state index in [1.54, 1.807) is 0 Å². The minimum atomic E-state index is -4.24. The molecular formula is C18H31FN2O6SSi. The molecule has 1 unspecified atom stereocenters. The van der Waals surface area contributed by atoms with E-state index in [1.807, 2.05) is 0 Å². The van der Waals surface area contributed by atoms with E-state index in [1.165, 1.54) is 12.1 Å². The number of carboxylic acid groups (broad SMARTS) is 1. The van der Waals surface area contributed by atoms with Gasteiger partial charge in [0.05, 0.1) is 24.7 Å². The summed E-state index contributed by atoms with van der Waals surface area (Å²) in [5.74, 6) is -0.964. The van der Waals surface area contributed by atoms with E-state index in [9.17, 15) is 22.7 Å². The lowest BCUT2D eigenvalue weighted by Crippen LogP contribution is -2.40. The Morgan fingerprint density at radius 3 is 2.31 bits per heavy atom. The molecule has 0 fully saturated rings. The standard InChI is InChI=1S/C18H31FN2O6SSi/c1-5-29(6-2,7-3)27-17(13-20-10-11-22)14-8-9-15(19)16(12-14)21(18(23)24)28(4,25)26/h8-9,12,17,20,22H,5-7,10-11,13H2,1-4H3,(H,23,24). The molecule has 11 heteroatoms. The molecule has 1 atom stereocenters. The van der Waals surface area contributed by atoms with Crippen LogP contribution in [0, 0.1) is 5.82 Å². The maximum absolute atomic E-state index is 14.4. The molecule has 29 heavy (non-hydrogen) atoms. The molecule has 1 aromatic rings. The first-order valence-corrected chi connectivity index (χ1v) is 13.9. The molecule has 0 radical (unpaired) electrons. The predicted octanol–water partition coefficient (Wildman–Crippen LogP) is 2.91. The highest BCUT2D eigenvalue weighted by Gasteiger charge is 2.34. The number of hydrogen-bond acceptors (Lipinski definition) is 6. The molecule has 0 bridgehead atoms. The first-order valence-electron chi connectivity index (χ1n) is 9.57. The second-order valence-electron chi connectivity index (χ2n) is 6.80. The quantitative estimate of drug-likeness (QED) is 0.331. The largest absolute Gasteiger partial charge is 0.464 e. The van der Waals surface area contributed by atoms with Crippen molar-refractivity contribution in [3.05, 3.63) is 29.6 Å². The minimum absolute atomic E-state index is 0.0220. The number of hydrogen-bond donors (Lipinski definition) is 3. The molecule has 0 aliphatic heterocycles. The Balaban J connectivity index is 3.43. The summed E-state index contributed by atoms with van der Waals surface area (Å²) in [5, 5.41) is 21.4. The van der Waals surface area contributed by atoms with Crippen molar-refractivity contribution in [2.24, 2.45) is 0 Å². The fourth-order valence-corrected chi connectivity index (χ4v) is 6.75. The highest BCUT2D eigenvalue weighted by molar-refractivity contribution is 7.92. The van der Waals surface area contributed by atoms with Gasteiger partial charge in [-0.15, -0.1) is 0 Å². The van der Waals surface area contributed by atoms with Gasteiger partial charge in [-0.25, -0.2) is 17.6 Å². The van der Waals surface area contributed by atoms with Gasteiger partial charge in [-0.2, -0.15) is 4.31 Å². The first kappa shape index (κ1) is 25.5. The minimum Gasteiger partial charge on any atom is -0.464 e. The van der Waals surface area contributed by atoms with Crippen LogP contribution in [-0.4, -0.2) is 59.0 Å². The number of halogens is 1. The molecule has 1 aromatic carbocycles. The van der Waals surface area contributed by atoms with Crippen LogP contribution in [-0.2, 0) is 14.4 Å². The molecule has 1 amide bonds. The third-order valence-electron chi connectivity index (χ3n) is 5.01. The molecule has 166 valence electrons. The van der Waals surface area contributed by atoms with Crippen LogP contribution >= 0.6 is 0 Å². The maximum Gasteiger partial charge on any atom is 0.425 e. The van der Waals surface area contributed by atoms with Gasteiger partial charge in [0.25, 0.3) is 0 Å². The smallest absolute Gasteiger partial charge is 0.425 e. The van der Waals surface area contributed by atoms with Crippen molar-refractivity contribution < 1.29 is 32.2 Å². The average molecular weight is 451 g/mol. The van der Waals surface area contributed by atoms with E-state index in [0.717, 1.165) is 24.2 Å². The zero-order valence-electron chi connectivity index (χ0n) is 17.3. The van der Waals surface area contributed by atoms with E-state index in [-0.39, 0.29) is 10.9 Å². The van der Waals surface area contributed by atoms with Crippen molar-refractivity contribution in [1.29, 1.82) is 0 Å². The van der Waals surface area contributed by atoms with Gasteiger partial charge in [-0.05, 0) is 35.8 Å². The van der Waals surface area contributed by atoms with E-state index >= 15 is 0 Å². The van der Waals surface area contributed by atoms with Crippen LogP contribution < -0.4 is 9.62 Å². The number of carbonyl (C=O) groups is 1. The first-order chi connectivity index (χ1) is 13.5. The Morgan fingerprint density at radius 1 is 1.28 bits per heavy atom. The second-order valence-corrected chi connectivity index (χ2v) is 13.4. The lowest BCUT2D eigenvalue weighted by Gasteiger charge is -2.34. The summed E-state index contributed by atoms with van der Waals surface area (Å²) >= 11 is 0. The number of amides is 1. The van der Waals surface area contributed by atoms with Gasteiger partial charge < -0.3 is 20.0 Å². The molecule has 1 rings (SSSR count). The van der Waals surface area contributed by atoms with Gasteiger partial charge in [-0.1, -0.05) is 26.8 Å². The summed E-state index contributed by atoms with van der Waals surface area (Å²) in [7, 11) is -6.32. The SMILES string of the molecule is CC[Si](CC)(CC)OC(CNCCO)c1ccc(F)c(N(C(=O)O)S(C)(=O)=O)c1. The topological polar surface area (TPSA) is 116 Å². The number of anilines is 1. The summed E-state index contributed by atoms with van der Waals surface area (Å²) in [6.45, 7) is 6.75. The van der Waals surface area contributed by atoms with Crippen molar-refractivity contribution in [2.75, 3.05) is 30.3 Å². The van der Waals surface area contributed by atoms with Crippen molar-refractivity contribution in [3.63, 3.8) is 0 Å². The lowest BCUT2D eigenvalue weighted by molar-refractivity contribution is 0.181. The molecule has 0 heterocycles. The van der Waals surface area contributed by atoms with Crippen molar-refractivity contribution in [2.45, 2.75) is 45.0 Å². The fourth-order valence-electron chi connectivity index (χ4n) is 3.15. The third-order valence-corrected chi connectivity index (χ3v) is 10.7. The Morgan fingerprint density at radius 2 is 1.86 bits per heavy atom. The number of aliphatic hydroxyl groups excluding tert-OH is 1. The molecule has 0 spiro atoms. The second kappa shape index (κ2) is 11.0. The maximum atomic E-state index is 14.4. The van der Waals surface area contributed by atoms with E-state index in [4.69, 9.17) is 9.53 Å². The van der Waals surface area contributed by atoms with Gasteiger partial charge in [0.15, 0.2) is 8.32 Å². The monoisotopic (exact) mass is 450 g/mol. The normalized spacial score (nSPS) is 13.3. The van der Waals surface area contributed by atoms with E-state index < -0.39 is 42.0 Å². The van der Waals surface area contributed by atoms with Crippen LogP contribution in [0.4, 0.5) is 14.9 Å². The van der Waals surface area contributed by atoms with Gasteiger partial charge in [0.1, 0.15) is 5.82 Å². The lowest BCUT2D eigenvalue weighted by atomic mass is 10.1. The molecule has 0 aromatic heterocycles. The molecule has 0 aliphatic carbocycles. The highest BCUT2D eigenvalue weighted by Crippen LogP contribution is 2.32. The summed E-state index contributed by atoms with van der Waals surface area (Å²) in [6.07, 6.45) is -1.63. The van der Waals surface area contributed by atoms with Gasteiger partial charge in [0, 0.05) is 13.1 Å². The third kappa shape index (κ3) is 6.74. The molecular weight excluding hydrogens is 419 g/mol. The highest BCUT2D eigenvalue weighted by atomic mass is 32.2. The van der Waals surface area contributed by atoms with E-state index in [0.29, 0.717) is 24.9 Å². The molecule has 0 aliphatic rings.